The van der Waals surface area contributed by atoms with Gasteiger partial charge in [0.15, 0.2) is 0 Å². The van der Waals surface area contributed by atoms with Gasteiger partial charge in [0.2, 0.25) is 10.0 Å². The third-order valence-electron chi connectivity index (χ3n) is 4.97. The Kier molecular flexibility index (Phi) is 7.43. The molecule has 2 aromatic carbocycles. The number of aryl methyl sites for hydroxylation is 1. The predicted molar refractivity (Wildman–Crippen MR) is 112 cm³/mol. The average molecular weight is 400 g/mol. The number of nitrogens with one attached hydrogen (secondary N) is 1. The summed E-state index contributed by atoms with van der Waals surface area (Å²) in [5, 5.41) is 0. The van der Waals surface area contributed by atoms with Crippen LogP contribution in [0.15, 0.2) is 71.6 Å². The molecule has 5 heteroatoms. The van der Waals surface area contributed by atoms with E-state index in [9.17, 15) is 8.42 Å². The number of hydrogen-bond acceptors (Lipinski definition) is 3. The van der Waals surface area contributed by atoms with Gasteiger partial charge >= 0.3 is 0 Å². The normalized spacial score (nSPS) is 19.2. The molecule has 0 heterocycles. The zero-order chi connectivity index (χ0) is 19.8. The Bertz CT molecular complexity index is 860. The van der Waals surface area contributed by atoms with Crippen molar-refractivity contribution in [2.45, 2.75) is 37.7 Å². The zero-order valence-electron chi connectivity index (χ0n) is 16.4. The van der Waals surface area contributed by atoms with Crippen LogP contribution in [0, 0.1) is 18.8 Å². The summed E-state index contributed by atoms with van der Waals surface area (Å²) in [5.41, 5.74) is 2.26. The maximum absolute atomic E-state index is 12.2. The van der Waals surface area contributed by atoms with E-state index in [1.165, 1.54) is 12.0 Å². The number of benzene rings is 2. The van der Waals surface area contributed by atoms with Gasteiger partial charge in [-0.1, -0.05) is 60.2 Å². The monoisotopic (exact) mass is 399 g/mol. The minimum Gasteiger partial charge on any atom is -0.376 e. The molecule has 2 atom stereocenters. The zero-order valence-corrected chi connectivity index (χ0v) is 17.2. The van der Waals surface area contributed by atoms with E-state index in [1.54, 1.807) is 12.1 Å². The highest BCUT2D eigenvalue weighted by atomic mass is 32.2. The second-order valence-corrected chi connectivity index (χ2v) is 9.21. The van der Waals surface area contributed by atoms with Crippen LogP contribution in [0.2, 0.25) is 0 Å². The van der Waals surface area contributed by atoms with E-state index in [1.807, 2.05) is 37.3 Å². The molecule has 1 aliphatic rings. The Morgan fingerprint density at radius 1 is 1.11 bits per heavy atom. The van der Waals surface area contributed by atoms with Crippen LogP contribution in [0.25, 0.3) is 0 Å². The third-order valence-corrected chi connectivity index (χ3v) is 6.45. The van der Waals surface area contributed by atoms with Crippen molar-refractivity contribution in [2.24, 2.45) is 11.8 Å². The van der Waals surface area contributed by atoms with E-state index >= 15 is 0 Å². The second kappa shape index (κ2) is 10.0. The number of ether oxygens (including phenoxy) is 1. The fourth-order valence-corrected chi connectivity index (χ4v) is 4.17. The molecule has 0 amide bonds. The van der Waals surface area contributed by atoms with Gasteiger partial charge in [-0.2, -0.15) is 0 Å². The number of unbranched alkanes of at least 4 members (excludes halogenated alkanes) is 1. The van der Waals surface area contributed by atoms with E-state index in [0.29, 0.717) is 29.9 Å². The van der Waals surface area contributed by atoms with Crippen molar-refractivity contribution in [1.29, 1.82) is 0 Å². The lowest BCUT2D eigenvalue weighted by Crippen LogP contribution is -2.24. The molecule has 0 aromatic heterocycles. The molecule has 0 radical (unpaired) electrons. The lowest BCUT2D eigenvalue weighted by molar-refractivity contribution is 0.109. The van der Waals surface area contributed by atoms with Gasteiger partial charge in [0.25, 0.3) is 0 Å². The number of rotatable bonds is 11. The fourth-order valence-electron chi connectivity index (χ4n) is 3.10. The van der Waals surface area contributed by atoms with Crippen LogP contribution < -0.4 is 4.72 Å². The Morgan fingerprint density at radius 3 is 2.61 bits per heavy atom. The van der Waals surface area contributed by atoms with Crippen LogP contribution in [0.3, 0.4) is 0 Å². The molecule has 0 spiro atoms. The highest BCUT2D eigenvalue weighted by Crippen LogP contribution is 2.40. The average Bonchev–Trinajstić information content (AvgIpc) is 3.44. The summed E-state index contributed by atoms with van der Waals surface area (Å²) in [4.78, 5) is 0.324. The molecule has 0 saturated heterocycles. The number of sulfonamides is 1. The van der Waals surface area contributed by atoms with Crippen LogP contribution in [-0.2, 0) is 21.4 Å². The molecular formula is C23H29NO3S. The molecule has 4 nitrogen and oxygen atoms in total. The summed E-state index contributed by atoms with van der Waals surface area (Å²) in [6, 6.07) is 17.1. The van der Waals surface area contributed by atoms with Gasteiger partial charge in [-0.15, -0.1) is 0 Å². The van der Waals surface area contributed by atoms with E-state index in [4.69, 9.17) is 4.74 Å². The summed E-state index contributed by atoms with van der Waals surface area (Å²) in [6.45, 7) is 3.87. The van der Waals surface area contributed by atoms with Gasteiger partial charge in [-0.05, 0) is 55.7 Å². The minimum atomic E-state index is -3.40. The van der Waals surface area contributed by atoms with Crippen molar-refractivity contribution in [3.05, 3.63) is 77.9 Å². The van der Waals surface area contributed by atoms with Gasteiger partial charge in [0.05, 0.1) is 18.1 Å². The minimum absolute atomic E-state index is 0.324. The maximum atomic E-state index is 12.2. The van der Waals surface area contributed by atoms with Crippen LogP contribution in [-0.4, -0.2) is 21.6 Å². The highest BCUT2D eigenvalue weighted by Gasteiger charge is 2.34. The topological polar surface area (TPSA) is 55.4 Å². The molecule has 0 bridgehead atoms. The van der Waals surface area contributed by atoms with Crippen molar-refractivity contribution in [1.82, 2.24) is 4.72 Å². The molecule has 2 aromatic rings. The van der Waals surface area contributed by atoms with Crippen LogP contribution >= 0.6 is 0 Å². The lowest BCUT2D eigenvalue weighted by Gasteiger charge is -2.06. The summed E-state index contributed by atoms with van der Waals surface area (Å²) < 4.78 is 32.9. The predicted octanol–water partition coefficient (Wildman–Crippen LogP) is 4.46. The summed E-state index contributed by atoms with van der Waals surface area (Å²) in [5.74, 6) is 1.24. The quantitative estimate of drug-likeness (QED) is 0.448. The molecule has 1 saturated carbocycles. The van der Waals surface area contributed by atoms with Gasteiger partial charge in [-0.3, -0.25) is 0 Å². The van der Waals surface area contributed by atoms with Crippen LogP contribution in [0.5, 0.6) is 0 Å². The Balaban J connectivity index is 1.27. The van der Waals surface area contributed by atoms with Crippen LogP contribution in [0.1, 0.15) is 30.4 Å². The Morgan fingerprint density at radius 2 is 1.86 bits per heavy atom. The highest BCUT2D eigenvalue weighted by molar-refractivity contribution is 7.89. The largest absolute Gasteiger partial charge is 0.376 e. The molecule has 1 fully saturated rings. The Labute approximate surface area is 168 Å². The van der Waals surface area contributed by atoms with Crippen LogP contribution in [0.4, 0.5) is 0 Å². The van der Waals surface area contributed by atoms with Crippen molar-refractivity contribution < 1.29 is 13.2 Å². The Hall–Kier alpha value is -1.95. The SMILES string of the molecule is Cc1ccc(S(=O)(=O)NCCC/C=C/C2CC2COCc2ccccc2)cc1. The molecule has 2 unspecified atom stereocenters. The first-order chi connectivity index (χ1) is 13.5. The summed E-state index contributed by atoms with van der Waals surface area (Å²) >= 11 is 0. The van der Waals surface area contributed by atoms with E-state index in [2.05, 4.69) is 29.0 Å². The maximum Gasteiger partial charge on any atom is 0.240 e. The summed E-state index contributed by atoms with van der Waals surface area (Å²) in [7, 11) is -3.40. The van der Waals surface area contributed by atoms with Crippen molar-refractivity contribution >= 4 is 10.0 Å². The number of allylic oxidation sites excluding steroid dienone is 2. The standard InChI is InChI=1S/C23H29NO3S/c1-19-11-13-23(14-12-19)28(25,26)24-15-7-3-6-10-21-16-22(21)18-27-17-20-8-4-2-5-9-20/h2,4-6,8-14,21-22,24H,3,7,15-18H2,1H3/b10-6+. The first-order valence-corrected chi connectivity index (χ1v) is 11.4. The molecule has 28 heavy (non-hydrogen) atoms. The molecule has 3 rings (SSSR count). The second-order valence-electron chi connectivity index (χ2n) is 7.44. The van der Waals surface area contributed by atoms with Gasteiger partial charge in [0, 0.05) is 6.54 Å². The summed E-state index contributed by atoms with van der Waals surface area (Å²) in [6.07, 6.45) is 7.28. The number of hydrogen-bond donors (Lipinski definition) is 1. The van der Waals surface area contributed by atoms with Crippen molar-refractivity contribution in [3.8, 4) is 0 Å². The molecular weight excluding hydrogens is 370 g/mol. The van der Waals surface area contributed by atoms with Gasteiger partial charge < -0.3 is 4.74 Å². The first kappa shape index (κ1) is 20.8. The fraction of sp³-hybridized carbons (Fsp3) is 0.391. The van der Waals surface area contributed by atoms with Crippen molar-refractivity contribution in [2.75, 3.05) is 13.2 Å². The molecule has 1 N–H and O–H groups in total. The van der Waals surface area contributed by atoms with Crippen molar-refractivity contribution in [3.63, 3.8) is 0 Å². The van der Waals surface area contributed by atoms with E-state index in [-0.39, 0.29) is 0 Å². The van der Waals surface area contributed by atoms with E-state index in [0.717, 1.165) is 25.0 Å². The van der Waals surface area contributed by atoms with E-state index < -0.39 is 10.0 Å². The molecule has 1 aliphatic carbocycles. The third kappa shape index (κ3) is 6.59. The van der Waals surface area contributed by atoms with Gasteiger partial charge in [0.1, 0.15) is 0 Å². The molecule has 150 valence electrons. The smallest absolute Gasteiger partial charge is 0.240 e. The molecule has 0 aliphatic heterocycles. The lowest BCUT2D eigenvalue weighted by atomic mass is 10.2. The first-order valence-electron chi connectivity index (χ1n) is 9.89. The van der Waals surface area contributed by atoms with Gasteiger partial charge in [-0.25, -0.2) is 13.1 Å².